The molecule has 3 aromatic rings. The third kappa shape index (κ3) is 2.76. The monoisotopic (exact) mass is 299 g/mol. The first-order valence-corrected chi connectivity index (χ1v) is 6.77. The summed E-state index contributed by atoms with van der Waals surface area (Å²) in [5.74, 6) is -0.761. The topological polar surface area (TPSA) is 66.9 Å². The van der Waals surface area contributed by atoms with Crippen LogP contribution in [0.3, 0.4) is 0 Å². The predicted octanol–water partition coefficient (Wildman–Crippen LogP) is 2.42. The van der Waals surface area contributed by atoms with E-state index in [0.29, 0.717) is 16.7 Å². The highest BCUT2D eigenvalue weighted by Crippen LogP contribution is 2.13. The second-order valence-electron chi connectivity index (χ2n) is 5.10. The number of halogens is 1. The number of hydrogen-bond donors (Lipinski definition) is 2. The van der Waals surface area contributed by atoms with Gasteiger partial charge in [0.15, 0.2) is 0 Å². The molecule has 0 spiro atoms. The van der Waals surface area contributed by atoms with E-state index >= 15 is 0 Å². The minimum atomic E-state index is -0.444. The van der Waals surface area contributed by atoms with Crippen LogP contribution in [0.2, 0.25) is 0 Å². The summed E-state index contributed by atoms with van der Waals surface area (Å²) in [6.07, 6.45) is 0. The first kappa shape index (κ1) is 14.1. The lowest BCUT2D eigenvalue weighted by atomic mass is 10.2. The number of benzene rings is 2. The van der Waals surface area contributed by atoms with Crippen LogP contribution in [0.15, 0.2) is 47.3 Å². The number of aryl methyl sites for hydroxylation is 1. The van der Waals surface area contributed by atoms with Crippen molar-refractivity contribution in [3.05, 3.63) is 64.3 Å². The van der Waals surface area contributed by atoms with E-state index in [1.165, 1.54) is 22.8 Å². The molecule has 22 heavy (non-hydrogen) atoms. The molecule has 1 amide bonds. The highest BCUT2D eigenvalue weighted by Gasteiger charge is 2.11. The van der Waals surface area contributed by atoms with E-state index in [0.717, 1.165) is 5.56 Å². The zero-order chi connectivity index (χ0) is 15.7. The van der Waals surface area contributed by atoms with Gasteiger partial charge in [-0.2, -0.15) is 0 Å². The van der Waals surface area contributed by atoms with Crippen molar-refractivity contribution in [2.45, 2.75) is 13.5 Å². The highest BCUT2D eigenvalue weighted by atomic mass is 19.1. The van der Waals surface area contributed by atoms with Gasteiger partial charge in [-0.25, -0.2) is 9.18 Å². The lowest BCUT2D eigenvalue weighted by molar-refractivity contribution is -0.116. The van der Waals surface area contributed by atoms with Crippen molar-refractivity contribution in [3.63, 3.8) is 0 Å². The Morgan fingerprint density at radius 1 is 1.27 bits per heavy atom. The van der Waals surface area contributed by atoms with E-state index in [4.69, 9.17) is 0 Å². The number of anilines is 1. The Morgan fingerprint density at radius 2 is 2.09 bits per heavy atom. The van der Waals surface area contributed by atoms with Gasteiger partial charge in [0.1, 0.15) is 12.4 Å². The van der Waals surface area contributed by atoms with Crippen LogP contribution in [0.4, 0.5) is 10.1 Å². The smallest absolute Gasteiger partial charge is 0.325 e. The number of aromatic amines is 1. The quantitative estimate of drug-likeness (QED) is 0.780. The number of hydrogen-bond acceptors (Lipinski definition) is 2. The number of nitrogens with one attached hydrogen (secondary N) is 2. The summed E-state index contributed by atoms with van der Waals surface area (Å²) in [7, 11) is 0. The molecule has 0 saturated carbocycles. The van der Waals surface area contributed by atoms with Crippen LogP contribution in [0.5, 0.6) is 0 Å². The number of carbonyl (C=O) groups excluding carboxylic acids is 1. The average molecular weight is 299 g/mol. The number of aromatic nitrogens is 2. The van der Waals surface area contributed by atoms with Gasteiger partial charge in [0.2, 0.25) is 5.91 Å². The van der Waals surface area contributed by atoms with Gasteiger partial charge in [-0.3, -0.25) is 9.36 Å². The summed E-state index contributed by atoms with van der Waals surface area (Å²) >= 11 is 0. The second-order valence-corrected chi connectivity index (χ2v) is 5.10. The van der Waals surface area contributed by atoms with Crippen LogP contribution in [0, 0.1) is 12.7 Å². The Labute approximate surface area is 125 Å². The molecule has 2 N–H and O–H groups in total. The van der Waals surface area contributed by atoms with Gasteiger partial charge in [0.25, 0.3) is 0 Å². The summed E-state index contributed by atoms with van der Waals surface area (Å²) in [4.78, 5) is 26.5. The van der Waals surface area contributed by atoms with E-state index in [-0.39, 0.29) is 12.5 Å². The van der Waals surface area contributed by atoms with Crippen molar-refractivity contribution in [2.24, 2.45) is 0 Å². The lowest BCUT2D eigenvalue weighted by Gasteiger charge is -2.07. The van der Waals surface area contributed by atoms with E-state index in [1.54, 1.807) is 6.07 Å². The van der Waals surface area contributed by atoms with Crippen molar-refractivity contribution in [1.82, 2.24) is 9.55 Å². The number of carbonyl (C=O) groups is 1. The number of rotatable bonds is 3. The molecule has 112 valence electrons. The Kier molecular flexibility index (Phi) is 3.50. The van der Waals surface area contributed by atoms with Gasteiger partial charge in [0.05, 0.1) is 11.0 Å². The molecule has 0 saturated heterocycles. The fraction of sp³-hybridized carbons (Fsp3) is 0.125. The largest absolute Gasteiger partial charge is 0.326 e. The standard InChI is InChI=1S/C16H14FN3O2/c1-10-3-2-4-12(7-10)18-15(21)9-20-14-6-5-11(17)8-13(14)19-16(20)22/h2-8H,9H2,1H3,(H,18,21)(H,19,22). The SMILES string of the molecule is Cc1cccc(NC(=O)Cn2c(=O)[nH]c3cc(F)ccc32)c1. The molecule has 5 nitrogen and oxygen atoms in total. The number of fused-ring (bicyclic) bond motifs is 1. The molecule has 0 aliphatic heterocycles. The van der Waals surface area contributed by atoms with Crippen LogP contribution in [0.1, 0.15) is 5.56 Å². The van der Waals surface area contributed by atoms with Crippen molar-refractivity contribution in [1.29, 1.82) is 0 Å². The first-order chi connectivity index (χ1) is 10.5. The zero-order valence-electron chi connectivity index (χ0n) is 11.9. The molecule has 2 aromatic carbocycles. The normalized spacial score (nSPS) is 10.8. The molecule has 0 aliphatic carbocycles. The van der Waals surface area contributed by atoms with Crippen LogP contribution in [-0.2, 0) is 11.3 Å². The van der Waals surface area contributed by atoms with Crippen molar-refractivity contribution < 1.29 is 9.18 Å². The highest BCUT2D eigenvalue weighted by molar-refractivity contribution is 5.91. The molecule has 0 fully saturated rings. The van der Waals surface area contributed by atoms with Gasteiger partial charge in [-0.05, 0) is 42.8 Å². The average Bonchev–Trinajstić information content (AvgIpc) is 2.74. The maximum Gasteiger partial charge on any atom is 0.326 e. The van der Waals surface area contributed by atoms with Gasteiger partial charge >= 0.3 is 5.69 Å². The Balaban J connectivity index is 1.85. The van der Waals surface area contributed by atoms with Gasteiger partial charge in [-0.15, -0.1) is 0 Å². The molecule has 0 bridgehead atoms. The number of nitrogens with zero attached hydrogens (tertiary/aromatic N) is 1. The minimum Gasteiger partial charge on any atom is -0.325 e. The van der Waals surface area contributed by atoms with Crippen molar-refractivity contribution in [3.8, 4) is 0 Å². The van der Waals surface area contributed by atoms with Crippen LogP contribution < -0.4 is 11.0 Å². The summed E-state index contributed by atoms with van der Waals surface area (Å²) in [5, 5.41) is 2.74. The van der Waals surface area contributed by atoms with E-state index < -0.39 is 11.5 Å². The summed E-state index contributed by atoms with van der Waals surface area (Å²) in [6, 6.07) is 11.3. The summed E-state index contributed by atoms with van der Waals surface area (Å²) in [6.45, 7) is 1.78. The molecule has 6 heteroatoms. The van der Waals surface area contributed by atoms with Crippen molar-refractivity contribution in [2.75, 3.05) is 5.32 Å². The number of imidazole rings is 1. The third-order valence-corrected chi connectivity index (χ3v) is 3.34. The van der Waals surface area contributed by atoms with Crippen LogP contribution >= 0.6 is 0 Å². The Morgan fingerprint density at radius 3 is 2.86 bits per heavy atom. The Bertz CT molecular complexity index is 911. The van der Waals surface area contributed by atoms with Crippen LogP contribution in [-0.4, -0.2) is 15.5 Å². The molecular weight excluding hydrogens is 285 g/mol. The maximum absolute atomic E-state index is 13.2. The van der Waals surface area contributed by atoms with Gasteiger partial charge in [-0.1, -0.05) is 12.1 Å². The molecule has 3 rings (SSSR count). The molecule has 0 unspecified atom stereocenters. The van der Waals surface area contributed by atoms with Crippen LogP contribution in [0.25, 0.3) is 11.0 Å². The molecule has 1 heterocycles. The fourth-order valence-electron chi connectivity index (χ4n) is 2.36. The third-order valence-electron chi connectivity index (χ3n) is 3.34. The predicted molar refractivity (Wildman–Crippen MR) is 82.3 cm³/mol. The first-order valence-electron chi connectivity index (χ1n) is 6.77. The van der Waals surface area contributed by atoms with E-state index in [9.17, 15) is 14.0 Å². The van der Waals surface area contributed by atoms with E-state index in [2.05, 4.69) is 10.3 Å². The second kappa shape index (κ2) is 5.48. The lowest BCUT2D eigenvalue weighted by Crippen LogP contribution is -2.25. The minimum absolute atomic E-state index is 0.140. The maximum atomic E-state index is 13.2. The zero-order valence-corrected chi connectivity index (χ0v) is 11.9. The molecule has 0 aliphatic rings. The van der Waals surface area contributed by atoms with Gasteiger partial charge < -0.3 is 10.3 Å². The van der Waals surface area contributed by atoms with Crippen molar-refractivity contribution >= 4 is 22.6 Å². The molecule has 0 radical (unpaired) electrons. The summed E-state index contributed by atoms with van der Waals surface area (Å²) < 4.78 is 14.4. The number of H-pyrrole nitrogens is 1. The molecule has 1 aromatic heterocycles. The van der Waals surface area contributed by atoms with E-state index in [1.807, 2.05) is 25.1 Å². The fourth-order valence-corrected chi connectivity index (χ4v) is 2.36. The Hall–Kier alpha value is -2.89. The summed E-state index contributed by atoms with van der Waals surface area (Å²) in [5.41, 5.74) is 2.11. The number of amides is 1. The molecule has 0 atom stereocenters. The molecular formula is C16H14FN3O2. The van der Waals surface area contributed by atoms with Gasteiger partial charge in [0, 0.05) is 5.69 Å².